The Balaban J connectivity index is 2.41. The minimum absolute atomic E-state index is 0.0899. The molecular formula is C13H17BrN2O2. The van der Waals surface area contributed by atoms with Gasteiger partial charge in [-0.1, -0.05) is 22.0 Å². The standard InChI is InChI=1S/C13H17BrN2O2/c1-9-5-6-10(14)8-11(9)13(18)16-7-3-2-4-12(15)17/h5-6,8H,2-4,7H2,1H3,(H2,15,17)(H,16,18). The van der Waals surface area contributed by atoms with Crippen molar-refractivity contribution in [1.82, 2.24) is 5.32 Å². The fraction of sp³-hybridized carbons (Fsp3) is 0.385. The summed E-state index contributed by atoms with van der Waals surface area (Å²) in [5.41, 5.74) is 6.63. The van der Waals surface area contributed by atoms with Crippen molar-refractivity contribution in [1.29, 1.82) is 0 Å². The Morgan fingerprint density at radius 3 is 2.72 bits per heavy atom. The lowest BCUT2D eigenvalue weighted by Gasteiger charge is -2.07. The summed E-state index contributed by atoms with van der Waals surface area (Å²) in [4.78, 5) is 22.4. The predicted octanol–water partition coefficient (Wildman–Crippen LogP) is 2.14. The molecule has 18 heavy (non-hydrogen) atoms. The van der Waals surface area contributed by atoms with Crippen LogP contribution < -0.4 is 11.1 Å². The third kappa shape index (κ3) is 4.87. The highest BCUT2D eigenvalue weighted by Crippen LogP contribution is 2.15. The molecule has 1 aromatic carbocycles. The number of unbranched alkanes of at least 4 members (excludes halogenated alkanes) is 1. The van der Waals surface area contributed by atoms with E-state index in [0.29, 0.717) is 24.9 Å². The second-order valence-electron chi connectivity index (χ2n) is 4.14. The van der Waals surface area contributed by atoms with Gasteiger partial charge in [0.15, 0.2) is 0 Å². The zero-order valence-electron chi connectivity index (χ0n) is 10.3. The summed E-state index contributed by atoms with van der Waals surface area (Å²) >= 11 is 3.34. The largest absolute Gasteiger partial charge is 0.370 e. The van der Waals surface area contributed by atoms with E-state index in [1.54, 1.807) is 6.07 Å². The third-order valence-electron chi connectivity index (χ3n) is 2.58. The smallest absolute Gasteiger partial charge is 0.251 e. The number of nitrogens with two attached hydrogens (primary N) is 1. The molecule has 0 aliphatic heterocycles. The second kappa shape index (κ2) is 7.16. The normalized spacial score (nSPS) is 10.1. The monoisotopic (exact) mass is 312 g/mol. The van der Waals surface area contributed by atoms with E-state index in [9.17, 15) is 9.59 Å². The Morgan fingerprint density at radius 1 is 1.33 bits per heavy atom. The Bertz CT molecular complexity index is 447. The number of nitrogens with one attached hydrogen (secondary N) is 1. The van der Waals surface area contributed by atoms with Crippen LogP contribution in [0, 0.1) is 6.92 Å². The van der Waals surface area contributed by atoms with E-state index in [1.807, 2.05) is 19.1 Å². The molecule has 0 fully saturated rings. The van der Waals surface area contributed by atoms with Gasteiger partial charge in [0.2, 0.25) is 5.91 Å². The molecule has 0 radical (unpaired) electrons. The van der Waals surface area contributed by atoms with Gasteiger partial charge in [0, 0.05) is 23.0 Å². The molecule has 0 unspecified atom stereocenters. The van der Waals surface area contributed by atoms with Crippen molar-refractivity contribution in [2.24, 2.45) is 5.73 Å². The first-order valence-corrected chi connectivity index (χ1v) is 6.62. The van der Waals surface area contributed by atoms with E-state index >= 15 is 0 Å². The Labute approximate surface area is 115 Å². The van der Waals surface area contributed by atoms with Crippen LogP contribution in [0.1, 0.15) is 35.2 Å². The number of amides is 2. The maximum Gasteiger partial charge on any atom is 0.251 e. The van der Waals surface area contributed by atoms with Crippen molar-refractivity contribution in [3.05, 3.63) is 33.8 Å². The molecular weight excluding hydrogens is 296 g/mol. The highest BCUT2D eigenvalue weighted by molar-refractivity contribution is 9.10. The molecule has 0 aliphatic carbocycles. The van der Waals surface area contributed by atoms with Crippen molar-refractivity contribution in [2.45, 2.75) is 26.2 Å². The number of primary amides is 1. The van der Waals surface area contributed by atoms with Gasteiger partial charge in [0.25, 0.3) is 5.91 Å². The Hall–Kier alpha value is -1.36. The quantitative estimate of drug-likeness (QED) is 0.790. The number of aryl methyl sites for hydroxylation is 1. The van der Waals surface area contributed by atoms with Crippen LogP contribution in [0.25, 0.3) is 0 Å². The molecule has 0 saturated heterocycles. The van der Waals surface area contributed by atoms with Crippen molar-refractivity contribution in [3.8, 4) is 0 Å². The minimum atomic E-state index is -0.302. The first kappa shape index (κ1) is 14.7. The lowest BCUT2D eigenvalue weighted by Crippen LogP contribution is -2.25. The summed E-state index contributed by atoms with van der Waals surface area (Å²) in [6, 6.07) is 5.60. The Morgan fingerprint density at radius 2 is 2.06 bits per heavy atom. The van der Waals surface area contributed by atoms with Gasteiger partial charge in [-0.25, -0.2) is 0 Å². The second-order valence-corrected chi connectivity index (χ2v) is 5.05. The summed E-state index contributed by atoms with van der Waals surface area (Å²) in [6.45, 7) is 2.45. The number of hydrogen-bond donors (Lipinski definition) is 2. The van der Waals surface area contributed by atoms with E-state index in [-0.39, 0.29) is 11.8 Å². The Kier molecular flexibility index (Phi) is 5.85. The molecule has 1 aromatic rings. The van der Waals surface area contributed by atoms with Gasteiger partial charge in [-0.2, -0.15) is 0 Å². The average molecular weight is 313 g/mol. The molecule has 0 heterocycles. The van der Waals surface area contributed by atoms with Crippen LogP contribution in [0.2, 0.25) is 0 Å². The van der Waals surface area contributed by atoms with Crippen LogP contribution in [-0.2, 0) is 4.79 Å². The molecule has 0 aliphatic rings. The number of rotatable bonds is 6. The lowest BCUT2D eigenvalue weighted by atomic mass is 10.1. The lowest BCUT2D eigenvalue weighted by molar-refractivity contribution is -0.118. The van der Waals surface area contributed by atoms with Crippen LogP contribution in [0.3, 0.4) is 0 Å². The first-order valence-electron chi connectivity index (χ1n) is 5.83. The van der Waals surface area contributed by atoms with Crippen LogP contribution in [0.15, 0.2) is 22.7 Å². The summed E-state index contributed by atoms with van der Waals surface area (Å²) < 4.78 is 0.881. The van der Waals surface area contributed by atoms with Gasteiger partial charge in [-0.3, -0.25) is 9.59 Å². The molecule has 1 rings (SSSR count). The summed E-state index contributed by atoms with van der Waals surface area (Å²) in [6.07, 6.45) is 1.82. The molecule has 2 amide bonds. The van der Waals surface area contributed by atoms with Crippen LogP contribution in [0.4, 0.5) is 0 Å². The summed E-state index contributed by atoms with van der Waals surface area (Å²) in [5.74, 6) is -0.392. The molecule has 0 aromatic heterocycles. The molecule has 0 spiro atoms. The van der Waals surface area contributed by atoms with E-state index in [0.717, 1.165) is 16.5 Å². The molecule has 98 valence electrons. The van der Waals surface area contributed by atoms with Crippen LogP contribution in [-0.4, -0.2) is 18.4 Å². The maximum absolute atomic E-state index is 11.9. The minimum Gasteiger partial charge on any atom is -0.370 e. The van der Waals surface area contributed by atoms with Gasteiger partial charge in [-0.15, -0.1) is 0 Å². The fourth-order valence-corrected chi connectivity index (χ4v) is 1.92. The SMILES string of the molecule is Cc1ccc(Br)cc1C(=O)NCCCCC(N)=O. The number of halogens is 1. The molecule has 0 bridgehead atoms. The van der Waals surface area contributed by atoms with Crippen molar-refractivity contribution in [3.63, 3.8) is 0 Å². The van der Waals surface area contributed by atoms with Gasteiger partial charge >= 0.3 is 0 Å². The first-order chi connectivity index (χ1) is 8.50. The number of carbonyl (C=O) groups is 2. The fourth-order valence-electron chi connectivity index (χ4n) is 1.56. The van der Waals surface area contributed by atoms with Gasteiger partial charge in [0.1, 0.15) is 0 Å². The topological polar surface area (TPSA) is 72.2 Å². The van der Waals surface area contributed by atoms with Gasteiger partial charge in [-0.05, 0) is 37.5 Å². The van der Waals surface area contributed by atoms with Crippen LogP contribution >= 0.6 is 15.9 Å². The number of hydrogen-bond acceptors (Lipinski definition) is 2. The zero-order chi connectivity index (χ0) is 13.5. The molecule has 0 atom stereocenters. The van der Waals surface area contributed by atoms with Crippen molar-refractivity contribution >= 4 is 27.7 Å². The zero-order valence-corrected chi connectivity index (χ0v) is 11.9. The van der Waals surface area contributed by atoms with E-state index in [2.05, 4.69) is 21.2 Å². The van der Waals surface area contributed by atoms with Gasteiger partial charge < -0.3 is 11.1 Å². The maximum atomic E-state index is 11.9. The predicted molar refractivity (Wildman–Crippen MR) is 74.3 cm³/mol. The summed E-state index contributed by atoms with van der Waals surface area (Å²) in [5, 5.41) is 2.83. The number of benzene rings is 1. The van der Waals surface area contributed by atoms with Crippen molar-refractivity contribution < 1.29 is 9.59 Å². The molecule has 5 heteroatoms. The highest BCUT2D eigenvalue weighted by Gasteiger charge is 2.08. The molecule has 0 saturated carbocycles. The average Bonchev–Trinajstić information content (AvgIpc) is 2.31. The number of carbonyl (C=O) groups excluding carboxylic acids is 2. The highest BCUT2D eigenvalue weighted by atomic mass is 79.9. The third-order valence-corrected chi connectivity index (χ3v) is 3.07. The van der Waals surface area contributed by atoms with E-state index in [1.165, 1.54) is 0 Å². The molecule has 3 N–H and O–H groups in total. The van der Waals surface area contributed by atoms with E-state index < -0.39 is 0 Å². The van der Waals surface area contributed by atoms with Crippen LogP contribution in [0.5, 0.6) is 0 Å². The van der Waals surface area contributed by atoms with Crippen molar-refractivity contribution in [2.75, 3.05) is 6.54 Å². The summed E-state index contributed by atoms with van der Waals surface area (Å²) in [7, 11) is 0. The molecule has 4 nitrogen and oxygen atoms in total. The van der Waals surface area contributed by atoms with Gasteiger partial charge in [0.05, 0.1) is 0 Å². The van der Waals surface area contributed by atoms with E-state index in [4.69, 9.17) is 5.73 Å².